The van der Waals surface area contributed by atoms with E-state index in [1.807, 2.05) is 0 Å². The molecule has 0 aliphatic rings. The number of aromatic nitrogens is 3. The summed E-state index contributed by atoms with van der Waals surface area (Å²) >= 11 is 3.22. The van der Waals surface area contributed by atoms with Crippen LogP contribution in [0.3, 0.4) is 0 Å². The Morgan fingerprint density at radius 3 is 2.85 bits per heavy atom. The molecule has 0 radical (unpaired) electrons. The van der Waals surface area contributed by atoms with E-state index < -0.39 is 10.0 Å². The number of hydrogen-bond acceptors (Lipinski definition) is 5. The van der Waals surface area contributed by atoms with Crippen LogP contribution in [-0.4, -0.2) is 37.0 Å². The van der Waals surface area contributed by atoms with Gasteiger partial charge in [0, 0.05) is 43.1 Å². The van der Waals surface area contributed by atoms with Crippen LogP contribution in [0.2, 0.25) is 0 Å². The summed E-state index contributed by atoms with van der Waals surface area (Å²) in [4.78, 5) is 11.1. The van der Waals surface area contributed by atoms with E-state index in [2.05, 4.69) is 40.9 Å². The van der Waals surface area contributed by atoms with Gasteiger partial charge >= 0.3 is 0 Å². The fourth-order valence-corrected chi connectivity index (χ4v) is 3.33. The minimum Gasteiger partial charge on any atom is -0.372 e. The van der Waals surface area contributed by atoms with Crippen molar-refractivity contribution in [2.75, 3.05) is 18.9 Å². The molecule has 3 N–H and O–H groups in total. The molecule has 7 nitrogen and oxygen atoms in total. The summed E-state index contributed by atoms with van der Waals surface area (Å²) in [5, 5.41) is 2.76. The van der Waals surface area contributed by atoms with Gasteiger partial charge in [0.25, 0.3) is 0 Å². The Morgan fingerprint density at radius 2 is 2.20 bits per heavy atom. The van der Waals surface area contributed by atoms with E-state index in [1.54, 1.807) is 19.4 Å². The predicted molar refractivity (Wildman–Crippen MR) is 79.0 cm³/mol. The molecule has 0 bridgehead atoms. The molecule has 0 saturated carbocycles. The summed E-state index contributed by atoms with van der Waals surface area (Å²) in [6.07, 6.45) is 5.35. The molecule has 0 amide bonds. The van der Waals surface area contributed by atoms with Gasteiger partial charge < -0.3 is 10.3 Å². The van der Waals surface area contributed by atoms with Gasteiger partial charge in [-0.05, 0) is 22.0 Å². The zero-order chi connectivity index (χ0) is 14.6. The Hall–Kier alpha value is -1.45. The van der Waals surface area contributed by atoms with Gasteiger partial charge in [-0.1, -0.05) is 0 Å². The highest BCUT2D eigenvalue weighted by Crippen LogP contribution is 2.22. The highest BCUT2D eigenvalue weighted by atomic mass is 79.9. The summed E-state index contributed by atoms with van der Waals surface area (Å²) in [6.45, 7) is 0.255. The van der Waals surface area contributed by atoms with Gasteiger partial charge in [0.05, 0.1) is 0 Å². The van der Waals surface area contributed by atoms with E-state index in [-0.39, 0.29) is 11.4 Å². The summed E-state index contributed by atoms with van der Waals surface area (Å²) in [7, 11) is -2.00. The smallest absolute Gasteiger partial charge is 0.244 e. The number of anilines is 1. The van der Waals surface area contributed by atoms with Gasteiger partial charge in [0.1, 0.15) is 16.5 Å². The van der Waals surface area contributed by atoms with Crippen LogP contribution < -0.4 is 10.0 Å². The molecule has 0 unspecified atom stereocenters. The van der Waals surface area contributed by atoms with Crippen LogP contribution in [0.1, 0.15) is 5.82 Å². The van der Waals surface area contributed by atoms with E-state index in [9.17, 15) is 8.42 Å². The first kappa shape index (κ1) is 14.9. The Kier molecular flexibility index (Phi) is 4.73. The predicted octanol–water partition coefficient (Wildman–Crippen LogP) is 1.13. The second-order valence-electron chi connectivity index (χ2n) is 3.93. The molecule has 0 saturated heterocycles. The van der Waals surface area contributed by atoms with Crippen LogP contribution in [0, 0.1) is 0 Å². The maximum absolute atomic E-state index is 12.3. The third-order valence-electron chi connectivity index (χ3n) is 2.55. The zero-order valence-corrected chi connectivity index (χ0v) is 13.1. The summed E-state index contributed by atoms with van der Waals surface area (Å²) < 4.78 is 27.6. The number of aromatic amines is 1. The van der Waals surface area contributed by atoms with Crippen molar-refractivity contribution in [2.45, 2.75) is 11.3 Å². The van der Waals surface area contributed by atoms with Crippen molar-refractivity contribution >= 4 is 31.8 Å². The number of pyridine rings is 1. The fourth-order valence-electron chi connectivity index (χ4n) is 1.63. The van der Waals surface area contributed by atoms with Crippen LogP contribution in [0.5, 0.6) is 0 Å². The lowest BCUT2D eigenvalue weighted by molar-refractivity contribution is 0.581. The van der Waals surface area contributed by atoms with Crippen LogP contribution in [0.4, 0.5) is 5.82 Å². The average Bonchev–Trinajstić information content (AvgIpc) is 2.91. The molecule has 0 aliphatic heterocycles. The van der Waals surface area contributed by atoms with Crippen LogP contribution in [-0.2, 0) is 16.4 Å². The summed E-state index contributed by atoms with van der Waals surface area (Å²) in [5.41, 5.74) is 0. The third-order valence-corrected chi connectivity index (χ3v) is 4.46. The summed E-state index contributed by atoms with van der Waals surface area (Å²) in [5.74, 6) is 1.03. The number of sulfonamides is 1. The third kappa shape index (κ3) is 3.56. The summed E-state index contributed by atoms with van der Waals surface area (Å²) in [6, 6.07) is 1.51. The van der Waals surface area contributed by atoms with Crippen molar-refractivity contribution in [2.24, 2.45) is 0 Å². The lowest BCUT2D eigenvalue weighted by atomic mass is 10.4. The Morgan fingerprint density at radius 1 is 1.40 bits per heavy atom. The van der Waals surface area contributed by atoms with Crippen molar-refractivity contribution in [3.63, 3.8) is 0 Å². The second kappa shape index (κ2) is 6.33. The van der Waals surface area contributed by atoms with Crippen LogP contribution in [0.25, 0.3) is 0 Å². The number of halogens is 1. The first-order valence-electron chi connectivity index (χ1n) is 5.84. The van der Waals surface area contributed by atoms with Gasteiger partial charge in [-0.2, -0.15) is 0 Å². The van der Waals surface area contributed by atoms with Crippen LogP contribution >= 0.6 is 15.9 Å². The Bertz CT molecular complexity index is 672. The molecule has 2 aromatic rings. The van der Waals surface area contributed by atoms with E-state index >= 15 is 0 Å². The first-order valence-corrected chi connectivity index (χ1v) is 8.12. The molecule has 108 valence electrons. The number of nitrogens with one attached hydrogen (secondary N) is 3. The highest BCUT2D eigenvalue weighted by molar-refractivity contribution is 9.10. The molecule has 0 spiro atoms. The lowest BCUT2D eigenvalue weighted by Crippen LogP contribution is -2.27. The highest BCUT2D eigenvalue weighted by Gasteiger charge is 2.19. The second-order valence-corrected chi connectivity index (χ2v) is 6.58. The van der Waals surface area contributed by atoms with E-state index in [1.165, 1.54) is 12.3 Å². The number of imidazole rings is 1. The molecule has 0 aromatic carbocycles. The zero-order valence-electron chi connectivity index (χ0n) is 10.7. The van der Waals surface area contributed by atoms with Gasteiger partial charge in [-0.3, -0.25) is 0 Å². The average molecular weight is 360 g/mol. The monoisotopic (exact) mass is 359 g/mol. The molecule has 2 rings (SSSR count). The maximum atomic E-state index is 12.3. The molecular weight excluding hydrogens is 346 g/mol. The van der Waals surface area contributed by atoms with Crippen molar-refractivity contribution in [3.05, 3.63) is 35.0 Å². The van der Waals surface area contributed by atoms with Gasteiger partial charge in [0.15, 0.2) is 0 Å². The van der Waals surface area contributed by atoms with E-state index in [0.717, 1.165) is 5.82 Å². The molecule has 0 atom stereocenters. The standard InChI is InChI=1S/C11H14BrN5O2S/c1-13-11-9(6-8(12)7-16-11)20(18,19)17-3-2-10-14-4-5-15-10/h4-7,17H,2-3H2,1H3,(H,13,16)(H,14,15). The number of nitrogens with zero attached hydrogens (tertiary/aromatic N) is 2. The molecular formula is C11H14BrN5O2S. The largest absolute Gasteiger partial charge is 0.372 e. The molecule has 0 aliphatic carbocycles. The normalized spacial score (nSPS) is 11.5. The minimum absolute atomic E-state index is 0.105. The number of H-pyrrole nitrogens is 1. The van der Waals surface area contributed by atoms with Gasteiger partial charge in [0.2, 0.25) is 10.0 Å². The van der Waals surface area contributed by atoms with Crippen molar-refractivity contribution in [3.8, 4) is 0 Å². The van der Waals surface area contributed by atoms with Crippen molar-refractivity contribution in [1.29, 1.82) is 0 Å². The van der Waals surface area contributed by atoms with E-state index in [0.29, 0.717) is 16.7 Å². The van der Waals surface area contributed by atoms with Gasteiger partial charge in [-0.15, -0.1) is 0 Å². The number of rotatable bonds is 6. The molecule has 2 aromatic heterocycles. The fraction of sp³-hybridized carbons (Fsp3) is 0.273. The molecule has 2 heterocycles. The molecule has 0 fully saturated rings. The van der Waals surface area contributed by atoms with Crippen LogP contribution in [0.15, 0.2) is 34.0 Å². The molecule has 9 heteroatoms. The van der Waals surface area contributed by atoms with Gasteiger partial charge in [-0.25, -0.2) is 23.1 Å². The lowest BCUT2D eigenvalue weighted by Gasteiger charge is -2.10. The Labute approximate surface area is 125 Å². The first-order chi connectivity index (χ1) is 9.53. The van der Waals surface area contributed by atoms with Crippen molar-refractivity contribution < 1.29 is 8.42 Å². The molecule has 20 heavy (non-hydrogen) atoms. The van der Waals surface area contributed by atoms with E-state index in [4.69, 9.17) is 0 Å². The van der Waals surface area contributed by atoms with Crippen molar-refractivity contribution in [1.82, 2.24) is 19.7 Å². The quantitative estimate of drug-likeness (QED) is 0.717. The topological polar surface area (TPSA) is 99.8 Å². The maximum Gasteiger partial charge on any atom is 0.244 e. The number of hydrogen-bond donors (Lipinski definition) is 3. The Balaban J connectivity index is 2.11. The minimum atomic E-state index is -3.63. The SMILES string of the molecule is CNc1ncc(Br)cc1S(=O)(=O)NCCc1ncc[nH]1.